The van der Waals surface area contributed by atoms with Gasteiger partial charge in [-0.1, -0.05) is 71.7 Å². The lowest BCUT2D eigenvalue weighted by atomic mass is 10.0. The van der Waals surface area contributed by atoms with Gasteiger partial charge in [-0.2, -0.15) is 0 Å². The molecule has 0 aliphatic carbocycles. The molecular weight excluding hydrogens is 449 g/mol. The first kappa shape index (κ1) is 23.3. The Labute approximate surface area is 195 Å². The van der Waals surface area contributed by atoms with Gasteiger partial charge < -0.3 is 16.0 Å². The molecule has 3 rings (SSSR count). The summed E-state index contributed by atoms with van der Waals surface area (Å²) >= 11 is 12.0. The highest BCUT2D eigenvalue weighted by Gasteiger charge is 2.22. The average molecular weight is 470 g/mol. The molecule has 0 bridgehead atoms. The fraction of sp³-hybridized carbons (Fsp3) is 0.125. The third-order valence-corrected chi connectivity index (χ3v) is 5.13. The van der Waals surface area contributed by atoms with Gasteiger partial charge in [-0.25, -0.2) is 0 Å². The van der Waals surface area contributed by atoms with Crippen LogP contribution >= 0.6 is 23.2 Å². The first-order chi connectivity index (χ1) is 15.4. The first-order valence-corrected chi connectivity index (χ1v) is 10.6. The minimum absolute atomic E-state index is 0.271. The van der Waals surface area contributed by atoms with Crippen molar-refractivity contribution >= 4 is 46.6 Å². The fourth-order valence-electron chi connectivity index (χ4n) is 2.97. The van der Waals surface area contributed by atoms with E-state index in [9.17, 15) is 14.4 Å². The molecule has 8 heteroatoms. The van der Waals surface area contributed by atoms with E-state index in [4.69, 9.17) is 23.2 Å². The van der Waals surface area contributed by atoms with E-state index in [1.807, 2.05) is 30.3 Å². The first-order valence-electron chi connectivity index (χ1n) is 9.85. The summed E-state index contributed by atoms with van der Waals surface area (Å²) in [5.74, 6) is -1.34. The molecule has 0 heterocycles. The van der Waals surface area contributed by atoms with E-state index in [0.29, 0.717) is 21.3 Å². The van der Waals surface area contributed by atoms with Crippen LogP contribution in [0.5, 0.6) is 0 Å². The van der Waals surface area contributed by atoms with Crippen LogP contribution in [0.4, 0.5) is 5.69 Å². The summed E-state index contributed by atoms with van der Waals surface area (Å²) in [7, 11) is 0. The van der Waals surface area contributed by atoms with Gasteiger partial charge in [0.1, 0.15) is 6.04 Å². The summed E-state index contributed by atoms with van der Waals surface area (Å²) < 4.78 is 0. The van der Waals surface area contributed by atoms with Gasteiger partial charge in [-0.05, 0) is 35.9 Å². The van der Waals surface area contributed by atoms with E-state index in [2.05, 4.69) is 16.0 Å². The van der Waals surface area contributed by atoms with E-state index in [1.54, 1.807) is 42.5 Å². The lowest BCUT2D eigenvalue weighted by Gasteiger charge is -2.19. The topological polar surface area (TPSA) is 87.3 Å². The predicted molar refractivity (Wildman–Crippen MR) is 126 cm³/mol. The number of rotatable bonds is 8. The van der Waals surface area contributed by atoms with Gasteiger partial charge in [-0.15, -0.1) is 0 Å². The zero-order valence-electron chi connectivity index (χ0n) is 17.0. The maximum atomic E-state index is 12.8. The minimum Gasteiger partial charge on any atom is -0.345 e. The average Bonchev–Trinajstić information content (AvgIpc) is 2.80. The summed E-state index contributed by atoms with van der Waals surface area (Å²) in [4.78, 5) is 37.7. The van der Waals surface area contributed by atoms with E-state index < -0.39 is 17.9 Å². The number of amides is 3. The molecule has 0 spiro atoms. The molecule has 0 aromatic heterocycles. The summed E-state index contributed by atoms with van der Waals surface area (Å²) in [6, 6.07) is 21.7. The second-order valence-electron chi connectivity index (χ2n) is 6.97. The quantitative estimate of drug-likeness (QED) is 0.464. The predicted octanol–water partition coefficient (Wildman–Crippen LogP) is 4.09. The van der Waals surface area contributed by atoms with Crippen molar-refractivity contribution in [2.45, 2.75) is 12.5 Å². The lowest BCUT2D eigenvalue weighted by Crippen LogP contribution is -2.49. The van der Waals surface area contributed by atoms with Crippen LogP contribution in [0.15, 0.2) is 78.9 Å². The molecule has 0 saturated heterocycles. The van der Waals surface area contributed by atoms with Crippen LogP contribution in [-0.2, 0) is 16.0 Å². The molecule has 0 unspecified atom stereocenters. The Balaban J connectivity index is 1.65. The van der Waals surface area contributed by atoms with Crippen molar-refractivity contribution in [1.29, 1.82) is 0 Å². The normalized spacial score (nSPS) is 11.3. The van der Waals surface area contributed by atoms with Crippen LogP contribution in [0, 0.1) is 0 Å². The van der Waals surface area contributed by atoms with Crippen molar-refractivity contribution in [3.63, 3.8) is 0 Å². The van der Waals surface area contributed by atoms with Gasteiger partial charge >= 0.3 is 0 Å². The molecule has 3 aromatic carbocycles. The van der Waals surface area contributed by atoms with Gasteiger partial charge in [0.05, 0.1) is 17.3 Å². The Morgan fingerprint density at radius 2 is 1.50 bits per heavy atom. The van der Waals surface area contributed by atoms with Crippen molar-refractivity contribution in [2.24, 2.45) is 0 Å². The van der Waals surface area contributed by atoms with Gasteiger partial charge in [0.15, 0.2) is 0 Å². The van der Waals surface area contributed by atoms with Crippen molar-refractivity contribution in [2.75, 3.05) is 11.9 Å². The van der Waals surface area contributed by atoms with Gasteiger partial charge in [0.25, 0.3) is 5.91 Å². The van der Waals surface area contributed by atoms with Crippen molar-refractivity contribution in [1.82, 2.24) is 10.6 Å². The number of anilines is 1. The molecule has 6 nitrogen and oxygen atoms in total. The summed E-state index contributed by atoms with van der Waals surface area (Å²) in [5.41, 5.74) is 1.65. The van der Waals surface area contributed by atoms with Gasteiger partial charge in [0, 0.05) is 17.0 Å². The Kier molecular flexibility index (Phi) is 8.25. The molecule has 1 atom stereocenters. The molecule has 164 valence electrons. The number of nitrogens with one attached hydrogen (secondary N) is 3. The second kappa shape index (κ2) is 11.3. The standard InChI is InChI=1S/C24H21Cl2N3O3/c25-18-11-12-19(26)20(14-18)28-22(30)15-27-24(32)21(13-16-7-3-1-4-8-16)29-23(31)17-9-5-2-6-10-17/h1-12,14,21H,13,15H2,(H,27,32)(H,28,30)(H,29,31)/t21-/m1/s1. The maximum Gasteiger partial charge on any atom is 0.251 e. The molecule has 3 amide bonds. The molecule has 0 aliphatic heterocycles. The molecule has 3 aromatic rings. The van der Waals surface area contributed by atoms with Crippen LogP contribution in [-0.4, -0.2) is 30.3 Å². The number of benzene rings is 3. The number of hydrogen-bond acceptors (Lipinski definition) is 3. The van der Waals surface area contributed by atoms with E-state index in [0.717, 1.165) is 5.56 Å². The van der Waals surface area contributed by atoms with Gasteiger partial charge in [-0.3, -0.25) is 14.4 Å². The van der Waals surface area contributed by atoms with Crippen molar-refractivity contribution in [3.05, 3.63) is 100 Å². The van der Waals surface area contributed by atoms with Crippen LogP contribution in [0.25, 0.3) is 0 Å². The monoisotopic (exact) mass is 469 g/mol. The highest BCUT2D eigenvalue weighted by molar-refractivity contribution is 6.35. The summed E-state index contributed by atoms with van der Waals surface area (Å²) in [5, 5.41) is 8.67. The Hall–Kier alpha value is -3.35. The number of carbonyl (C=O) groups excluding carboxylic acids is 3. The van der Waals surface area contributed by atoms with Crippen molar-refractivity contribution < 1.29 is 14.4 Å². The smallest absolute Gasteiger partial charge is 0.251 e. The molecule has 0 saturated carbocycles. The lowest BCUT2D eigenvalue weighted by molar-refractivity contribution is -0.125. The minimum atomic E-state index is -0.868. The zero-order valence-corrected chi connectivity index (χ0v) is 18.5. The number of carbonyl (C=O) groups is 3. The number of hydrogen-bond donors (Lipinski definition) is 3. The largest absolute Gasteiger partial charge is 0.345 e. The van der Waals surface area contributed by atoms with E-state index in [1.165, 1.54) is 6.07 Å². The highest BCUT2D eigenvalue weighted by Crippen LogP contribution is 2.25. The SMILES string of the molecule is O=C(CNC(=O)[C@@H](Cc1ccccc1)NC(=O)c1ccccc1)Nc1cc(Cl)ccc1Cl. The summed E-state index contributed by atoms with van der Waals surface area (Å²) in [6.45, 7) is -0.297. The Morgan fingerprint density at radius 3 is 2.19 bits per heavy atom. The summed E-state index contributed by atoms with van der Waals surface area (Å²) in [6.07, 6.45) is 0.271. The third kappa shape index (κ3) is 6.83. The van der Waals surface area contributed by atoms with Crippen LogP contribution in [0.3, 0.4) is 0 Å². The molecule has 0 radical (unpaired) electrons. The van der Waals surface area contributed by atoms with Crippen LogP contribution in [0.1, 0.15) is 15.9 Å². The van der Waals surface area contributed by atoms with E-state index >= 15 is 0 Å². The van der Waals surface area contributed by atoms with Gasteiger partial charge in [0.2, 0.25) is 11.8 Å². The van der Waals surface area contributed by atoms with Crippen molar-refractivity contribution in [3.8, 4) is 0 Å². The van der Waals surface area contributed by atoms with E-state index in [-0.39, 0.29) is 18.9 Å². The fourth-order valence-corrected chi connectivity index (χ4v) is 3.31. The third-order valence-electron chi connectivity index (χ3n) is 4.57. The molecular formula is C24H21Cl2N3O3. The Morgan fingerprint density at radius 1 is 0.844 bits per heavy atom. The second-order valence-corrected chi connectivity index (χ2v) is 7.82. The number of halogens is 2. The highest BCUT2D eigenvalue weighted by atomic mass is 35.5. The van der Waals surface area contributed by atoms with Crippen LogP contribution in [0.2, 0.25) is 10.0 Å². The zero-order chi connectivity index (χ0) is 22.9. The molecule has 0 fully saturated rings. The molecule has 32 heavy (non-hydrogen) atoms. The molecule has 3 N–H and O–H groups in total. The van der Waals surface area contributed by atoms with Crippen LogP contribution < -0.4 is 16.0 Å². The molecule has 0 aliphatic rings. The maximum absolute atomic E-state index is 12.8. The Bertz CT molecular complexity index is 1090.